The van der Waals surface area contributed by atoms with Crippen LogP contribution in [-0.4, -0.2) is 9.78 Å². The molecule has 82 valence electrons. The van der Waals surface area contributed by atoms with Gasteiger partial charge in [-0.05, 0) is 18.4 Å². The Labute approximate surface area is 94.9 Å². The van der Waals surface area contributed by atoms with Crippen molar-refractivity contribution in [2.75, 3.05) is 5.73 Å². The highest BCUT2D eigenvalue weighted by Crippen LogP contribution is 2.53. The average Bonchev–Trinajstić information content (AvgIpc) is 3.04. The number of hydrogen-bond acceptors (Lipinski definition) is 2. The molecule has 3 heteroatoms. The highest BCUT2D eigenvalue weighted by molar-refractivity contribution is 5.45. The molecule has 0 unspecified atom stereocenters. The Balaban J connectivity index is 2.06. The van der Waals surface area contributed by atoms with Crippen molar-refractivity contribution in [2.24, 2.45) is 7.05 Å². The lowest BCUT2D eigenvalue weighted by Crippen LogP contribution is -2.09. The minimum Gasteiger partial charge on any atom is -0.384 e. The molecule has 0 spiro atoms. The topological polar surface area (TPSA) is 43.8 Å². The quantitative estimate of drug-likeness (QED) is 0.830. The molecule has 3 rings (SSSR count). The van der Waals surface area contributed by atoms with E-state index in [2.05, 4.69) is 29.4 Å². The van der Waals surface area contributed by atoms with Gasteiger partial charge in [-0.25, -0.2) is 0 Å². The zero-order chi connectivity index (χ0) is 11.2. The van der Waals surface area contributed by atoms with Crippen molar-refractivity contribution in [1.29, 1.82) is 0 Å². The second-order valence-corrected chi connectivity index (χ2v) is 4.53. The fraction of sp³-hybridized carbons (Fsp3) is 0.308. The molecule has 1 aromatic heterocycles. The lowest BCUT2D eigenvalue weighted by Gasteiger charge is -2.12. The molecule has 0 amide bonds. The zero-order valence-electron chi connectivity index (χ0n) is 9.35. The third-order valence-corrected chi connectivity index (χ3v) is 3.48. The number of rotatable bonds is 2. The van der Waals surface area contributed by atoms with Gasteiger partial charge in [0.05, 0.1) is 5.69 Å². The minimum atomic E-state index is 0.136. The monoisotopic (exact) mass is 213 g/mol. The molecule has 0 bridgehead atoms. The van der Waals surface area contributed by atoms with Crippen LogP contribution < -0.4 is 5.73 Å². The van der Waals surface area contributed by atoms with Crippen LogP contribution in [0.2, 0.25) is 0 Å². The van der Waals surface area contributed by atoms with Crippen molar-refractivity contribution in [3.63, 3.8) is 0 Å². The molecule has 0 atom stereocenters. The van der Waals surface area contributed by atoms with E-state index < -0.39 is 0 Å². The summed E-state index contributed by atoms with van der Waals surface area (Å²) in [5.74, 6) is 0.734. The molecule has 3 nitrogen and oxygen atoms in total. The van der Waals surface area contributed by atoms with Crippen LogP contribution in [0.1, 0.15) is 24.1 Å². The standard InChI is InChI=1S/C13H15N3/c1-16-12(14)9-11(15-16)13(7-8-13)10-5-3-2-4-6-10/h2-6,9H,7-8,14H2,1H3. The Morgan fingerprint density at radius 1 is 1.25 bits per heavy atom. The molecular formula is C13H15N3. The summed E-state index contributed by atoms with van der Waals surface area (Å²) in [6.45, 7) is 0. The molecule has 1 aliphatic rings. The van der Waals surface area contributed by atoms with Crippen LogP contribution in [0.25, 0.3) is 0 Å². The van der Waals surface area contributed by atoms with Crippen molar-refractivity contribution < 1.29 is 0 Å². The van der Waals surface area contributed by atoms with Crippen LogP contribution in [0.4, 0.5) is 5.82 Å². The predicted octanol–water partition coefficient (Wildman–Crippen LogP) is 2.08. The molecule has 1 aromatic carbocycles. The van der Waals surface area contributed by atoms with E-state index in [0.29, 0.717) is 0 Å². The largest absolute Gasteiger partial charge is 0.384 e. The summed E-state index contributed by atoms with van der Waals surface area (Å²) in [7, 11) is 1.89. The van der Waals surface area contributed by atoms with Crippen molar-refractivity contribution in [3.8, 4) is 0 Å². The van der Waals surface area contributed by atoms with Gasteiger partial charge in [0.15, 0.2) is 0 Å². The molecule has 0 aliphatic heterocycles. The number of nitrogen functional groups attached to an aromatic ring is 1. The van der Waals surface area contributed by atoms with Gasteiger partial charge in [-0.2, -0.15) is 5.10 Å². The Kier molecular flexibility index (Phi) is 1.84. The normalized spacial score (nSPS) is 17.3. The first kappa shape index (κ1) is 9.46. The molecule has 1 heterocycles. The Hall–Kier alpha value is -1.77. The molecule has 1 saturated carbocycles. The summed E-state index contributed by atoms with van der Waals surface area (Å²) < 4.78 is 1.75. The first-order valence-corrected chi connectivity index (χ1v) is 5.58. The summed E-state index contributed by atoms with van der Waals surface area (Å²) in [4.78, 5) is 0. The molecule has 0 saturated heterocycles. The minimum absolute atomic E-state index is 0.136. The van der Waals surface area contributed by atoms with Gasteiger partial charge >= 0.3 is 0 Å². The number of aryl methyl sites for hydroxylation is 1. The van der Waals surface area contributed by atoms with Crippen molar-refractivity contribution >= 4 is 5.82 Å². The Morgan fingerprint density at radius 2 is 1.94 bits per heavy atom. The number of benzene rings is 1. The maximum atomic E-state index is 5.84. The number of hydrogen-bond donors (Lipinski definition) is 1. The lowest BCUT2D eigenvalue weighted by atomic mass is 9.93. The molecule has 1 aliphatic carbocycles. The molecule has 0 radical (unpaired) electrons. The number of aromatic nitrogens is 2. The lowest BCUT2D eigenvalue weighted by molar-refractivity contribution is 0.710. The number of anilines is 1. The second-order valence-electron chi connectivity index (χ2n) is 4.53. The summed E-state index contributed by atoms with van der Waals surface area (Å²) in [6, 6.07) is 12.6. The average molecular weight is 213 g/mol. The van der Waals surface area contributed by atoms with E-state index in [1.165, 1.54) is 18.4 Å². The summed E-state index contributed by atoms with van der Waals surface area (Å²) in [5, 5.41) is 4.51. The van der Waals surface area contributed by atoms with E-state index >= 15 is 0 Å². The van der Waals surface area contributed by atoms with E-state index in [9.17, 15) is 0 Å². The fourth-order valence-electron chi connectivity index (χ4n) is 2.29. The van der Waals surface area contributed by atoms with E-state index in [1.54, 1.807) is 4.68 Å². The molecule has 1 fully saturated rings. The third kappa shape index (κ3) is 1.24. The van der Waals surface area contributed by atoms with Crippen LogP contribution >= 0.6 is 0 Å². The van der Waals surface area contributed by atoms with Crippen molar-refractivity contribution in [1.82, 2.24) is 9.78 Å². The van der Waals surface area contributed by atoms with E-state index in [1.807, 2.05) is 19.2 Å². The van der Waals surface area contributed by atoms with Gasteiger partial charge in [-0.15, -0.1) is 0 Å². The Morgan fingerprint density at radius 3 is 2.44 bits per heavy atom. The number of nitrogens with two attached hydrogens (primary N) is 1. The fourth-order valence-corrected chi connectivity index (χ4v) is 2.29. The van der Waals surface area contributed by atoms with Crippen LogP contribution in [0, 0.1) is 0 Å². The van der Waals surface area contributed by atoms with Crippen LogP contribution in [0.15, 0.2) is 36.4 Å². The van der Waals surface area contributed by atoms with Gasteiger partial charge in [0.1, 0.15) is 5.82 Å². The van der Waals surface area contributed by atoms with Gasteiger partial charge < -0.3 is 5.73 Å². The van der Waals surface area contributed by atoms with Crippen LogP contribution in [0.5, 0.6) is 0 Å². The van der Waals surface area contributed by atoms with E-state index in [4.69, 9.17) is 5.73 Å². The van der Waals surface area contributed by atoms with E-state index in [0.717, 1.165) is 11.5 Å². The maximum absolute atomic E-state index is 5.84. The first-order valence-electron chi connectivity index (χ1n) is 5.58. The van der Waals surface area contributed by atoms with Crippen LogP contribution in [-0.2, 0) is 12.5 Å². The van der Waals surface area contributed by atoms with Crippen molar-refractivity contribution in [3.05, 3.63) is 47.7 Å². The van der Waals surface area contributed by atoms with Gasteiger partial charge in [0, 0.05) is 18.5 Å². The van der Waals surface area contributed by atoms with E-state index in [-0.39, 0.29) is 5.41 Å². The molecular weight excluding hydrogens is 198 g/mol. The zero-order valence-corrected chi connectivity index (χ0v) is 9.35. The summed E-state index contributed by atoms with van der Waals surface area (Å²) in [6.07, 6.45) is 2.35. The smallest absolute Gasteiger partial charge is 0.121 e. The molecule has 2 N–H and O–H groups in total. The predicted molar refractivity (Wildman–Crippen MR) is 64.1 cm³/mol. The maximum Gasteiger partial charge on any atom is 0.121 e. The SMILES string of the molecule is Cn1nc(C2(c3ccccc3)CC2)cc1N. The van der Waals surface area contributed by atoms with Gasteiger partial charge in [-0.1, -0.05) is 30.3 Å². The van der Waals surface area contributed by atoms with Crippen LogP contribution in [0.3, 0.4) is 0 Å². The summed E-state index contributed by atoms with van der Waals surface area (Å²) in [5.41, 5.74) is 8.44. The molecule has 16 heavy (non-hydrogen) atoms. The first-order chi connectivity index (χ1) is 7.72. The molecule has 2 aromatic rings. The van der Waals surface area contributed by atoms with Gasteiger partial charge in [-0.3, -0.25) is 4.68 Å². The van der Waals surface area contributed by atoms with Gasteiger partial charge in [0.25, 0.3) is 0 Å². The third-order valence-electron chi connectivity index (χ3n) is 3.48. The van der Waals surface area contributed by atoms with Crippen molar-refractivity contribution in [2.45, 2.75) is 18.3 Å². The summed E-state index contributed by atoms with van der Waals surface area (Å²) >= 11 is 0. The Bertz CT molecular complexity index is 490. The highest BCUT2D eigenvalue weighted by Gasteiger charge is 2.47. The number of nitrogens with zero attached hydrogens (tertiary/aromatic N) is 2. The second kappa shape index (κ2) is 3.11. The highest BCUT2D eigenvalue weighted by atomic mass is 15.3. The van der Waals surface area contributed by atoms with Gasteiger partial charge in [0.2, 0.25) is 0 Å².